The largest absolute Gasteiger partial charge is 0.356 e. The maximum absolute atomic E-state index is 13.4. The molecule has 3 heterocycles. The van der Waals surface area contributed by atoms with E-state index in [1.807, 2.05) is 24.3 Å². The first-order valence-electron chi connectivity index (χ1n) is 9.58. The van der Waals surface area contributed by atoms with Gasteiger partial charge in [0.1, 0.15) is 5.82 Å². The summed E-state index contributed by atoms with van der Waals surface area (Å²) in [5, 5.41) is 9.04. The molecule has 150 valence electrons. The van der Waals surface area contributed by atoms with Crippen molar-refractivity contribution in [1.29, 1.82) is 0 Å². The summed E-state index contributed by atoms with van der Waals surface area (Å²) < 4.78 is 19.8. The molecular formula is C23H17ClFN3OS. The minimum absolute atomic E-state index is 0.322. The molecule has 5 aromatic rings. The number of aryl methyl sites for hydroxylation is 1. The van der Waals surface area contributed by atoms with E-state index in [-0.39, 0.29) is 5.82 Å². The van der Waals surface area contributed by atoms with Gasteiger partial charge in [0.25, 0.3) is 0 Å². The highest BCUT2D eigenvalue weighted by Gasteiger charge is 2.16. The van der Waals surface area contributed by atoms with E-state index >= 15 is 0 Å². The van der Waals surface area contributed by atoms with Crippen LogP contribution in [0.1, 0.15) is 12.1 Å². The van der Waals surface area contributed by atoms with Gasteiger partial charge >= 0.3 is 0 Å². The summed E-state index contributed by atoms with van der Waals surface area (Å²) in [5.41, 5.74) is 3.51. The van der Waals surface area contributed by atoms with Gasteiger partial charge in [-0.3, -0.25) is 4.98 Å². The minimum atomic E-state index is -0.322. The number of pyridine rings is 1. The average Bonchev–Trinajstić information content (AvgIpc) is 3.37. The highest BCUT2D eigenvalue weighted by atomic mass is 35.5. The Bertz CT molecular complexity index is 1320. The molecule has 0 spiro atoms. The first-order chi connectivity index (χ1) is 14.7. The normalized spacial score (nSPS) is 11.4. The lowest BCUT2D eigenvalue weighted by Gasteiger charge is -2.24. The summed E-state index contributed by atoms with van der Waals surface area (Å²) >= 11 is 8.04. The van der Waals surface area contributed by atoms with E-state index < -0.39 is 0 Å². The van der Waals surface area contributed by atoms with Gasteiger partial charge in [0, 0.05) is 46.8 Å². The minimum Gasteiger partial charge on any atom is -0.356 e. The van der Waals surface area contributed by atoms with Crippen LogP contribution < -0.4 is 4.90 Å². The SMILES string of the molecule is Fc1ccc2c(CCCN(c3ccncc3)c3csc4c(Cl)cccc34)noc2c1. The Morgan fingerprint density at radius 1 is 1.07 bits per heavy atom. The fourth-order valence-electron chi connectivity index (χ4n) is 3.68. The maximum Gasteiger partial charge on any atom is 0.170 e. The number of fused-ring (bicyclic) bond motifs is 2. The predicted octanol–water partition coefficient (Wildman–Crippen LogP) is 7.00. The Hall–Kier alpha value is -2.96. The molecule has 4 nitrogen and oxygen atoms in total. The first-order valence-corrected chi connectivity index (χ1v) is 10.8. The number of halogens is 2. The number of anilines is 2. The van der Waals surface area contributed by atoms with Crippen molar-refractivity contribution in [1.82, 2.24) is 10.1 Å². The summed E-state index contributed by atoms with van der Waals surface area (Å²) in [6, 6.07) is 14.5. The third-order valence-electron chi connectivity index (χ3n) is 5.10. The second-order valence-corrected chi connectivity index (χ2v) is 8.25. The van der Waals surface area contributed by atoms with E-state index in [0.29, 0.717) is 5.58 Å². The molecule has 0 N–H and O–H groups in total. The van der Waals surface area contributed by atoms with Crippen molar-refractivity contribution in [3.63, 3.8) is 0 Å². The van der Waals surface area contributed by atoms with Crippen LogP contribution in [0.5, 0.6) is 0 Å². The highest BCUT2D eigenvalue weighted by molar-refractivity contribution is 7.18. The van der Waals surface area contributed by atoms with Crippen molar-refractivity contribution < 1.29 is 8.91 Å². The first kappa shape index (κ1) is 19.0. The van der Waals surface area contributed by atoms with Gasteiger partial charge in [-0.05, 0) is 43.2 Å². The second kappa shape index (κ2) is 8.05. The van der Waals surface area contributed by atoms with Gasteiger partial charge in [-0.2, -0.15) is 0 Å². The number of rotatable bonds is 6. The van der Waals surface area contributed by atoms with Crippen molar-refractivity contribution in [2.75, 3.05) is 11.4 Å². The van der Waals surface area contributed by atoms with Gasteiger partial charge < -0.3 is 9.42 Å². The van der Waals surface area contributed by atoms with Crippen LogP contribution in [0.3, 0.4) is 0 Å². The third-order valence-corrected chi connectivity index (χ3v) is 6.54. The van der Waals surface area contributed by atoms with E-state index in [1.54, 1.807) is 29.8 Å². The Morgan fingerprint density at radius 2 is 1.93 bits per heavy atom. The molecule has 0 atom stereocenters. The number of benzene rings is 2. The molecule has 5 rings (SSSR count). The molecule has 0 bridgehead atoms. The van der Waals surface area contributed by atoms with Gasteiger partial charge in [-0.15, -0.1) is 11.3 Å². The van der Waals surface area contributed by atoms with E-state index in [9.17, 15) is 4.39 Å². The fraction of sp³-hybridized carbons (Fsp3) is 0.130. The number of aromatic nitrogens is 2. The second-order valence-electron chi connectivity index (χ2n) is 6.97. The lowest BCUT2D eigenvalue weighted by Crippen LogP contribution is -2.18. The summed E-state index contributed by atoms with van der Waals surface area (Å²) in [4.78, 5) is 6.43. The number of hydrogen-bond acceptors (Lipinski definition) is 5. The van der Waals surface area contributed by atoms with Crippen molar-refractivity contribution in [2.24, 2.45) is 0 Å². The Balaban J connectivity index is 1.43. The van der Waals surface area contributed by atoms with Crippen LogP contribution in [0.2, 0.25) is 5.02 Å². The maximum atomic E-state index is 13.4. The Kier molecular flexibility index (Phi) is 5.11. The third kappa shape index (κ3) is 3.53. The topological polar surface area (TPSA) is 42.2 Å². The summed E-state index contributed by atoms with van der Waals surface area (Å²) in [5.74, 6) is -0.322. The van der Waals surface area contributed by atoms with Crippen molar-refractivity contribution in [2.45, 2.75) is 12.8 Å². The molecule has 0 aliphatic heterocycles. The molecule has 2 aromatic carbocycles. The summed E-state index contributed by atoms with van der Waals surface area (Å²) in [6.45, 7) is 0.776. The average molecular weight is 438 g/mol. The zero-order chi connectivity index (χ0) is 20.5. The molecule has 0 amide bonds. The number of thiophene rings is 1. The highest BCUT2D eigenvalue weighted by Crippen LogP contribution is 2.40. The van der Waals surface area contributed by atoms with Gasteiger partial charge in [-0.1, -0.05) is 28.9 Å². The molecule has 7 heteroatoms. The summed E-state index contributed by atoms with van der Waals surface area (Å²) in [7, 11) is 0. The molecular weight excluding hydrogens is 421 g/mol. The molecule has 0 fully saturated rings. The van der Waals surface area contributed by atoms with Crippen LogP contribution in [0.25, 0.3) is 21.1 Å². The predicted molar refractivity (Wildman–Crippen MR) is 120 cm³/mol. The van der Waals surface area contributed by atoms with Crippen LogP contribution in [-0.2, 0) is 6.42 Å². The number of nitrogens with zero attached hydrogens (tertiary/aromatic N) is 3. The van der Waals surface area contributed by atoms with Crippen LogP contribution >= 0.6 is 22.9 Å². The molecule has 0 unspecified atom stereocenters. The van der Waals surface area contributed by atoms with Crippen LogP contribution in [0.15, 0.2) is 70.8 Å². The fourth-order valence-corrected chi connectivity index (χ4v) is 4.95. The molecule has 0 saturated carbocycles. The van der Waals surface area contributed by atoms with Gasteiger partial charge in [-0.25, -0.2) is 4.39 Å². The lowest BCUT2D eigenvalue weighted by molar-refractivity contribution is 0.443. The van der Waals surface area contributed by atoms with E-state index in [2.05, 4.69) is 26.5 Å². The van der Waals surface area contributed by atoms with Gasteiger partial charge in [0.05, 0.1) is 21.1 Å². The zero-order valence-electron chi connectivity index (χ0n) is 15.9. The Morgan fingerprint density at radius 3 is 2.80 bits per heavy atom. The quantitative estimate of drug-likeness (QED) is 0.287. The molecule has 3 aromatic heterocycles. The van der Waals surface area contributed by atoms with E-state index in [1.165, 1.54) is 12.1 Å². The molecule has 0 aliphatic rings. The standard InChI is InChI=1S/C23H17ClFN3OS/c24-19-4-1-3-18-21(14-30-23(18)19)28(16-8-10-26-11-9-16)12-2-5-20-17-7-6-15(25)13-22(17)29-27-20/h1,3-4,6-11,13-14H,2,5,12H2. The lowest BCUT2D eigenvalue weighted by atomic mass is 10.1. The van der Waals surface area contributed by atoms with E-state index in [0.717, 1.165) is 57.0 Å². The molecule has 30 heavy (non-hydrogen) atoms. The molecule has 0 radical (unpaired) electrons. The zero-order valence-corrected chi connectivity index (χ0v) is 17.5. The van der Waals surface area contributed by atoms with Crippen LogP contribution in [0.4, 0.5) is 15.8 Å². The molecule has 0 aliphatic carbocycles. The summed E-state index contributed by atoms with van der Waals surface area (Å²) in [6.07, 6.45) is 5.16. The monoisotopic (exact) mass is 437 g/mol. The molecule has 0 saturated heterocycles. The van der Waals surface area contributed by atoms with Crippen LogP contribution in [0, 0.1) is 5.82 Å². The van der Waals surface area contributed by atoms with Gasteiger partial charge in [0.15, 0.2) is 5.58 Å². The van der Waals surface area contributed by atoms with E-state index in [4.69, 9.17) is 16.1 Å². The van der Waals surface area contributed by atoms with Crippen molar-refractivity contribution in [3.8, 4) is 0 Å². The smallest absolute Gasteiger partial charge is 0.170 e. The van der Waals surface area contributed by atoms with Crippen molar-refractivity contribution in [3.05, 3.63) is 82.8 Å². The number of hydrogen-bond donors (Lipinski definition) is 0. The Labute approximate surface area is 181 Å². The van der Waals surface area contributed by atoms with Crippen molar-refractivity contribution >= 4 is 55.4 Å². The van der Waals surface area contributed by atoms with Gasteiger partial charge in [0.2, 0.25) is 0 Å². The van der Waals surface area contributed by atoms with Crippen LogP contribution in [-0.4, -0.2) is 16.7 Å².